The third kappa shape index (κ3) is 3.00. The van der Waals surface area contributed by atoms with Crippen LogP contribution in [-0.4, -0.2) is 16.7 Å². The summed E-state index contributed by atoms with van der Waals surface area (Å²) in [7, 11) is 0. The van der Waals surface area contributed by atoms with Crippen LogP contribution in [0.5, 0.6) is 0 Å². The molecule has 0 amide bonds. The molecule has 1 saturated heterocycles. The molecule has 4 nitrogen and oxygen atoms in total. The summed E-state index contributed by atoms with van der Waals surface area (Å²) < 4.78 is 7.52. The van der Waals surface area contributed by atoms with Crippen LogP contribution in [0.1, 0.15) is 31.1 Å². The molecule has 1 unspecified atom stereocenters. The highest BCUT2D eigenvalue weighted by Gasteiger charge is 2.21. The molecule has 0 aliphatic carbocycles. The Balaban J connectivity index is 1.89. The molecule has 1 N–H and O–H groups in total. The highest BCUT2D eigenvalue weighted by Crippen LogP contribution is 2.30. The van der Waals surface area contributed by atoms with Crippen molar-refractivity contribution in [2.45, 2.75) is 25.3 Å². The van der Waals surface area contributed by atoms with Crippen molar-refractivity contribution in [1.82, 2.24) is 15.5 Å². The molecule has 3 rings (SSSR count). The van der Waals surface area contributed by atoms with Gasteiger partial charge < -0.3 is 9.84 Å². The molecular formula is C13H13BrIN3O. The number of benzene rings is 1. The van der Waals surface area contributed by atoms with E-state index in [1.54, 1.807) is 0 Å². The second kappa shape index (κ2) is 5.88. The van der Waals surface area contributed by atoms with Crippen LogP contribution in [-0.2, 0) is 0 Å². The highest BCUT2D eigenvalue weighted by molar-refractivity contribution is 14.1. The van der Waals surface area contributed by atoms with Gasteiger partial charge in [0, 0.05) is 8.04 Å². The lowest BCUT2D eigenvalue weighted by molar-refractivity contribution is 0.367. The number of hydrogen-bond donors (Lipinski definition) is 1. The van der Waals surface area contributed by atoms with E-state index in [1.165, 1.54) is 12.8 Å². The first-order valence-electron chi connectivity index (χ1n) is 6.26. The van der Waals surface area contributed by atoms with Crippen LogP contribution >= 0.6 is 38.5 Å². The second-order valence-corrected chi connectivity index (χ2v) is 6.68. The second-order valence-electron chi connectivity index (χ2n) is 4.58. The number of hydrogen-bond acceptors (Lipinski definition) is 4. The zero-order chi connectivity index (χ0) is 13.2. The minimum atomic E-state index is 0.229. The zero-order valence-electron chi connectivity index (χ0n) is 10.2. The van der Waals surface area contributed by atoms with E-state index in [4.69, 9.17) is 4.52 Å². The van der Waals surface area contributed by atoms with Gasteiger partial charge in [-0.15, -0.1) is 0 Å². The van der Waals surface area contributed by atoms with E-state index in [0.717, 1.165) is 32.4 Å². The molecule has 1 aliphatic heterocycles. The van der Waals surface area contributed by atoms with Crippen molar-refractivity contribution in [1.29, 1.82) is 0 Å². The Morgan fingerprint density at radius 3 is 3.05 bits per heavy atom. The van der Waals surface area contributed by atoms with E-state index in [2.05, 4.69) is 54.0 Å². The summed E-state index contributed by atoms with van der Waals surface area (Å²) in [5, 5.41) is 7.54. The average Bonchev–Trinajstić information content (AvgIpc) is 2.92. The summed E-state index contributed by atoms with van der Waals surface area (Å²) in [6.45, 7) is 1.03. The first-order valence-corrected chi connectivity index (χ1v) is 8.13. The normalized spacial score (nSPS) is 19.6. The van der Waals surface area contributed by atoms with Crippen LogP contribution in [0.4, 0.5) is 0 Å². The SMILES string of the molecule is Brc1ccc(I)cc1-c1nc(C2CCCCN2)no1. The lowest BCUT2D eigenvalue weighted by Crippen LogP contribution is -2.27. The fourth-order valence-electron chi connectivity index (χ4n) is 2.22. The van der Waals surface area contributed by atoms with E-state index in [0.29, 0.717) is 5.89 Å². The van der Waals surface area contributed by atoms with Gasteiger partial charge in [-0.1, -0.05) is 11.6 Å². The lowest BCUT2D eigenvalue weighted by Gasteiger charge is -2.19. The van der Waals surface area contributed by atoms with Gasteiger partial charge in [0.2, 0.25) is 0 Å². The molecule has 2 aromatic rings. The molecule has 1 aromatic heterocycles. The molecule has 0 spiro atoms. The minimum absolute atomic E-state index is 0.229. The molecule has 6 heteroatoms. The van der Waals surface area contributed by atoms with Crippen molar-refractivity contribution in [3.05, 3.63) is 32.1 Å². The Morgan fingerprint density at radius 1 is 1.37 bits per heavy atom. The van der Waals surface area contributed by atoms with E-state index in [9.17, 15) is 0 Å². The van der Waals surface area contributed by atoms with Crippen LogP contribution < -0.4 is 5.32 Å². The van der Waals surface area contributed by atoms with Crippen LogP contribution in [0.3, 0.4) is 0 Å². The topological polar surface area (TPSA) is 51.0 Å². The quantitative estimate of drug-likeness (QED) is 0.729. The molecule has 0 bridgehead atoms. The number of halogens is 2. The number of aromatic nitrogens is 2. The van der Waals surface area contributed by atoms with Gasteiger partial charge in [0.15, 0.2) is 5.82 Å². The molecule has 19 heavy (non-hydrogen) atoms. The van der Waals surface area contributed by atoms with E-state index in [1.807, 2.05) is 18.2 Å². The predicted molar refractivity (Wildman–Crippen MR) is 84.7 cm³/mol. The number of nitrogens with zero attached hydrogens (tertiary/aromatic N) is 2. The van der Waals surface area contributed by atoms with E-state index < -0.39 is 0 Å². The van der Waals surface area contributed by atoms with Gasteiger partial charge in [-0.05, 0) is 76.1 Å². The Hall–Kier alpha value is -0.470. The monoisotopic (exact) mass is 433 g/mol. The van der Waals surface area contributed by atoms with Crippen LogP contribution in [0, 0.1) is 3.57 Å². The standard InChI is InChI=1S/C13H13BrIN3O/c14-10-5-4-8(15)7-9(10)13-17-12(18-19-13)11-3-1-2-6-16-11/h4-5,7,11,16H,1-3,6H2. The first kappa shape index (κ1) is 13.5. The maximum atomic E-state index is 5.41. The van der Waals surface area contributed by atoms with Gasteiger partial charge in [0.25, 0.3) is 5.89 Å². The fraction of sp³-hybridized carbons (Fsp3) is 0.385. The highest BCUT2D eigenvalue weighted by atomic mass is 127. The molecule has 0 radical (unpaired) electrons. The van der Waals surface area contributed by atoms with Gasteiger partial charge in [-0.2, -0.15) is 4.98 Å². The Bertz CT molecular complexity index is 581. The summed E-state index contributed by atoms with van der Waals surface area (Å²) in [4.78, 5) is 4.53. The first-order chi connectivity index (χ1) is 9.24. The summed E-state index contributed by atoms with van der Waals surface area (Å²) in [6.07, 6.45) is 3.52. The lowest BCUT2D eigenvalue weighted by atomic mass is 10.0. The van der Waals surface area contributed by atoms with Crippen molar-refractivity contribution in [2.24, 2.45) is 0 Å². The van der Waals surface area contributed by atoms with Gasteiger partial charge >= 0.3 is 0 Å². The molecular weight excluding hydrogens is 421 g/mol. The average molecular weight is 434 g/mol. The smallest absolute Gasteiger partial charge is 0.259 e. The number of piperidine rings is 1. The van der Waals surface area contributed by atoms with E-state index >= 15 is 0 Å². The maximum Gasteiger partial charge on any atom is 0.259 e. The van der Waals surface area contributed by atoms with Crippen LogP contribution in [0.2, 0.25) is 0 Å². The van der Waals surface area contributed by atoms with Gasteiger partial charge in [-0.3, -0.25) is 0 Å². The zero-order valence-corrected chi connectivity index (χ0v) is 13.9. The number of rotatable bonds is 2. The summed E-state index contributed by atoms with van der Waals surface area (Å²) >= 11 is 5.80. The summed E-state index contributed by atoms with van der Waals surface area (Å²) in [5.41, 5.74) is 0.946. The summed E-state index contributed by atoms with van der Waals surface area (Å²) in [5.74, 6) is 1.34. The van der Waals surface area contributed by atoms with Crippen LogP contribution in [0.15, 0.2) is 27.2 Å². The van der Waals surface area contributed by atoms with Crippen molar-refractivity contribution in [2.75, 3.05) is 6.54 Å². The van der Waals surface area contributed by atoms with E-state index in [-0.39, 0.29) is 6.04 Å². The Morgan fingerprint density at radius 2 is 2.26 bits per heavy atom. The van der Waals surface area contributed by atoms with Gasteiger partial charge in [-0.25, -0.2) is 0 Å². The molecule has 100 valence electrons. The maximum absolute atomic E-state index is 5.41. The van der Waals surface area contributed by atoms with Gasteiger partial charge in [0.05, 0.1) is 11.6 Å². The molecule has 1 fully saturated rings. The molecule has 1 aromatic carbocycles. The molecule has 2 heterocycles. The third-order valence-electron chi connectivity index (χ3n) is 3.22. The third-order valence-corrected chi connectivity index (χ3v) is 4.59. The fourth-order valence-corrected chi connectivity index (χ4v) is 3.13. The molecule has 1 atom stereocenters. The molecule has 1 aliphatic rings. The Kier molecular flexibility index (Phi) is 4.18. The number of nitrogens with one attached hydrogen (secondary N) is 1. The largest absolute Gasteiger partial charge is 0.334 e. The van der Waals surface area contributed by atoms with Crippen LogP contribution in [0.25, 0.3) is 11.5 Å². The van der Waals surface area contributed by atoms with Gasteiger partial charge in [0.1, 0.15) is 0 Å². The van der Waals surface area contributed by atoms with Crippen molar-refractivity contribution in [3.63, 3.8) is 0 Å². The van der Waals surface area contributed by atoms with Crippen molar-refractivity contribution in [3.8, 4) is 11.5 Å². The summed E-state index contributed by atoms with van der Waals surface area (Å²) in [6, 6.07) is 6.30. The molecule has 0 saturated carbocycles. The Labute approximate surface area is 133 Å². The predicted octanol–water partition coefficient (Wildman–Crippen LogP) is 3.92. The van der Waals surface area contributed by atoms with Crippen molar-refractivity contribution < 1.29 is 4.52 Å². The minimum Gasteiger partial charge on any atom is -0.334 e. The van der Waals surface area contributed by atoms with Crippen molar-refractivity contribution >= 4 is 38.5 Å².